The van der Waals surface area contributed by atoms with Gasteiger partial charge in [0.2, 0.25) is 5.89 Å². The van der Waals surface area contributed by atoms with Crippen molar-refractivity contribution < 1.29 is 18.0 Å². The maximum atomic E-state index is 13.7. The Morgan fingerprint density at radius 2 is 1.65 bits per heavy atom. The fraction of sp³-hybridized carbons (Fsp3) is 0.185. The number of benzene rings is 3. The van der Waals surface area contributed by atoms with Crippen molar-refractivity contribution in [3.05, 3.63) is 125 Å². The van der Waals surface area contributed by atoms with E-state index in [0.29, 0.717) is 19.0 Å². The van der Waals surface area contributed by atoms with Crippen molar-refractivity contribution in [1.29, 1.82) is 0 Å². The molecular formula is C27H25F2N3O2. The predicted octanol–water partition coefficient (Wildman–Crippen LogP) is 5.65. The second-order valence-corrected chi connectivity index (χ2v) is 8.13. The minimum Gasteiger partial charge on any atom is -0.447 e. The van der Waals surface area contributed by atoms with Crippen LogP contribution in [0.15, 0.2) is 89.5 Å². The van der Waals surface area contributed by atoms with Gasteiger partial charge in [0.1, 0.15) is 17.9 Å². The molecule has 34 heavy (non-hydrogen) atoms. The summed E-state index contributed by atoms with van der Waals surface area (Å²) in [6, 6.07) is 22.0. The Bertz CT molecular complexity index is 1230. The van der Waals surface area contributed by atoms with E-state index in [9.17, 15) is 13.6 Å². The van der Waals surface area contributed by atoms with E-state index in [2.05, 4.69) is 10.3 Å². The number of nitrogens with zero attached hydrogens (tertiary/aromatic N) is 2. The van der Waals surface area contributed by atoms with Crippen LogP contribution < -0.4 is 5.32 Å². The summed E-state index contributed by atoms with van der Waals surface area (Å²) in [4.78, 5) is 19.0. The van der Waals surface area contributed by atoms with Crippen LogP contribution in [0, 0.1) is 11.6 Å². The topological polar surface area (TPSA) is 58.4 Å². The lowest BCUT2D eigenvalue weighted by Crippen LogP contribution is -2.27. The zero-order valence-electron chi connectivity index (χ0n) is 18.7. The van der Waals surface area contributed by atoms with Crippen LogP contribution in [0.4, 0.5) is 8.78 Å². The van der Waals surface area contributed by atoms with Crippen LogP contribution in [-0.2, 0) is 19.6 Å². The van der Waals surface area contributed by atoms with Gasteiger partial charge in [0.15, 0.2) is 5.69 Å². The Morgan fingerprint density at radius 1 is 0.912 bits per heavy atom. The molecule has 174 valence electrons. The summed E-state index contributed by atoms with van der Waals surface area (Å²) < 4.78 is 32.6. The molecule has 3 aromatic carbocycles. The third-order valence-corrected chi connectivity index (χ3v) is 5.41. The van der Waals surface area contributed by atoms with Crippen LogP contribution in [-0.4, -0.2) is 15.8 Å². The zero-order chi connectivity index (χ0) is 23.9. The number of carbonyl (C=O) groups is 1. The van der Waals surface area contributed by atoms with Gasteiger partial charge in [-0.15, -0.1) is 0 Å². The minimum absolute atomic E-state index is 0.184. The number of amides is 1. The molecule has 0 unspecified atom stereocenters. The van der Waals surface area contributed by atoms with Crippen LogP contribution >= 0.6 is 0 Å². The van der Waals surface area contributed by atoms with Gasteiger partial charge in [0.25, 0.3) is 5.91 Å². The molecule has 0 aliphatic heterocycles. The van der Waals surface area contributed by atoms with Crippen LogP contribution in [0.3, 0.4) is 0 Å². The molecule has 1 heterocycles. The van der Waals surface area contributed by atoms with Gasteiger partial charge >= 0.3 is 0 Å². The van der Waals surface area contributed by atoms with E-state index >= 15 is 0 Å². The summed E-state index contributed by atoms with van der Waals surface area (Å²) >= 11 is 0. The molecule has 5 nitrogen and oxygen atoms in total. The lowest BCUT2D eigenvalue weighted by Gasteiger charge is -2.21. The van der Waals surface area contributed by atoms with Crippen molar-refractivity contribution in [2.45, 2.75) is 32.6 Å². The Kier molecular flexibility index (Phi) is 7.44. The average Bonchev–Trinajstić information content (AvgIpc) is 3.30. The van der Waals surface area contributed by atoms with Crippen LogP contribution in [0.2, 0.25) is 0 Å². The van der Waals surface area contributed by atoms with Gasteiger partial charge in [-0.25, -0.2) is 13.8 Å². The first-order valence-corrected chi connectivity index (χ1v) is 11.0. The predicted molar refractivity (Wildman–Crippen MR) is 125 cm³/mol. The second-order valence-electron chi connectivity index (χ2n) is 8.13. The van der Waals surface area contributed by atoms with Gasteiger partial charge in [0, 0.05) is 13.1 Å². The summed E-state index contributed by atoms with van der Waals surface area (Å²) in [5.74, 6) is -0.604. The molecule has 0 bridgehead atoms. The van der Waals surface area contributed by atoms with Crippen molar-refractivity contribution in [2.75, 3.05) is 0 Å². The lowest BCUT2D eigenvalue weighted by molar-refractivity contribution is 0.0934. The van der Waals surface area contributed by atoms with Crippen LogP contribution in [0.1, 0.15) is 46.0 Å². The normalized spacial score (nSPS) is 12.0. The highest BCUT2D eigenvalue weighted by atomic mass is 19.1. The van der Waals surface area contributed by atoms with Crippen molar-refractivity contribution in [3.63, 3.8) is 0 Å². The maximum absolute atomic E-state index is 13.7. The number of oxazole rings is 1. The molecule has 4 aromatic rings. The molecule has 0 fully saturated rings. The van der Waals surface area contributed by atoms with Crippen molar-refractivity contribution in [3.8, 4) is 0 Å². The molecule has 1 amide bonds. The van der Waals surface area contributed by atoms with Gasteiger partial charge in [-0.1, -0.05) is 54.6 Å². The third-order valence-electron chi connectivity index (χ3n) is 5.41. The van der Waals surface area contributed by atoms with E-state index in [1.165, 1.54) is 30.5 Å². The molecule has 0 saturated heterocycles. The van der Waals surface area contributed by atoms with Crippen molar-refractivity contribution >= 4 is 5.91 Å². The van der Waals surface area contributed by atoms with Crippen molar-refractivity contribution in [2.24, 2.45) is 0 Å². The number of nitrogens with one attached hydrogen (secondary N) is 1. The van der Waals surface area contributed by atoms with Gasteiger partial charge in [0.05, 0.1) is 12.6 Å². The average molecular weight is 462 g/mol. The Labute approximate surface area is 197 Å². The standard InChI is InChI=1S/C27H25F2N3O2/c1-19(22-7-3-2-4-8-22)30-27(33)25-18-34-26(31-25)17-32(15-20-10-12-23(28)13-11-20)16-21-6-5-9-24(29)14-21/h2-14,18-19H,15-17H2,1H3,(H,30,33)/t19-/m1/s1. The maximum Gasteiger partial charge on any atom is 0.273 e. The molecule has 0 aliphatic rings. The fourth-order valence-corrected chi connectivity index (χ4v) is 3.68. The molecule has 0 radical (unpaired) electrons. The van der Waals surface area contributed by atoms with E-state index in [1.54, 1.807) is 18.2 Å². The smallest absolute Gasteiger partial charge is 0.273 e. The third kappa shape index (κ3) is 6.36. The zero-order valence-corrected chi connectivity index (χ0v) is 18.7. The number of hydrogen-bond acceptors (Lipinski definition) is 4. The number of halogens is 2. The number of aromatic nitrogens is 1. The Balaban J connectivity index is 1.46. The van der Waals surface area contributed by atoms with E-state index < -0.39 is 0 Å². The molecule has 1 aromatic heterocycles. The van der Waals surface area contributed by atoms with Crippen molar-refractivity contribution in [1.82, 2.24) is 15.2 Å². The largest absolute Gasteiger partial charge is 0.447 e. The summed E-state index contributed by atoms with van der Waals surface area (Å²) in [7, 11) is 0. The highest BCUT2D eigenvalue weighted by Crippen LogP contribution is 2.17. The number of carbonyl (C=O) groups excluding carboxylic acids is 1. The van der Waals surface area contributed by atoms with Crippen LogP contribution in [0.5, 0.6) is 0 Å². The lowest BCUT2D eigenvalue weighted by atomic mass is 10.1. The van der Waals surface area contributed by atoms with E-state index in [4.69, 9.17) is 4.42 Å². The number of hydrogen-bond donors (Lipinski definition) is 1. The highest BCUT2D eigenvalue weighted by molar-refractivity contribution is 5.92. The van der Waals surface area contributed by atoms with Gasteiger partial charge in [-0.05, 0) is 47.9 Å². The minimum atomic E-state index is -0.332. The van der Waals surface area contributed by atoms with Gasteiger partial charge in [-0.3, -0.25) is 9.69 Å². The Hall–Kier alpha value is -3.84. The fourth-order valence-electron chi connectivity index (χ4n) is 3.68. The van der Waals surface area contributed by atoms with Crippen LogP contribution in [0.25, 0.3) is 0 Å². The van der Waals surface area contributed by atoms with Gasteiger partial charge < -0.3 is 9.73 Å². The highest BCUT2D eigenvalue weighted by Gasteiger charge is 2.18. The molecule has 1 N–H and O–H groups in total. The monoisotopic (exact) mass is 461 g/mol. The van der Waals surface area contributed by atoms with E-state index in [-0.39, 0.29) is 35.8 Å². The first-order valence-electron chi connectivity index (χ1n) is 11.0. The molecule has 0 aliphatic carbocycles. The summed E-state index contributed by atoms with van der Waals surface area (Å²) in [5.41, 5.74) is 2.84. The molecule has 0 saturated carbocycles. The first-order chi connectivity index (χ1) is 16.5. The Morgan fingerprint density at radius 3 is 2.38 bits per heavy atom. The molecule has 4 rings (SSSR count). The summed E-state index contributed by atoms with van der Waals surface area (Å²) in [6.45, 7) is 3.07. The molecule has 0 spiro atoms. The first kappa shape index (κ1) is 23.3. The number of rotatable bonds is 9. The molecular weight excluding hydrogens is 436 g/mol. The van der Waals surface area contributed by atoms with Gasteiger partial charge in [-0.2, -0.15) is 0 Å². The summed E-state index contributed by atoms with van der Waals surface area (Å²) in [6.07, 6.45) is 1.33. The summed E-state index contributed by atoms with van der Waals surface area (Å²) in [5, 5.41) is 2.92. The quantitative estimate of drug-likeness (QED) is 0.350. The van der Waals surface area contributed by atoms with E-state index in [0.717, 1.165) is 16.7 Å². The van der Waals surface area contributed by atoms with E-state index in [1.807, 2.05) is 48.2 Å². The second kappa shape index (κ2) is 10.9. The SMILES string of the molecule is C[C@@H](NC(=O)c1coc(CN(Cc2ccc(F)cc2)Cc2cccc(F)c2)n1)c1ccccc1. The molecule has 1 atom stereocenters. The molecule has 7 heteroatoms.